The molecule has 0 atom stereocenters. The molecule has 0 N–H and O–H groups in total. The van der Waals surface area contributed by atoms with Gasteiger partial charge in [-0.15, -0.1) is 0 Å². The molecule has 0 aliphatic carbocycles. The average molecular weight is 405 g/mol. The van der Waals surface area contributed by atoms with Crippen LogP contribution in [0.5, 0.6) is 5.75 Å². The Morgan fingerprint density at radius 3 is 2.53 bits per heavy atom. The zero-order valence-electron chi connectivity index (χ0n) is 18.0. The number of hydrogen-bond donors (Lipinski definition) is 0. The maximum Gasteiger partial charge on any atom is 0.341 e. The first-order chi connectivity index (χ1) is 14.5. The van der Waals surface area contributed by atoms with Crippen LogP contribution in [0.3, 0.4) is 0 Å². The van der Waals surface area contributed by atoms with Crippen LogP contribution in [0.1, 0.15) is 48.2 Å². The van der Waals surface area contributed by atoms with Gasteiger partial charge in [-0.3, -0.25) is 4.98 Å². The van der Waals surface area contributed by atoms with Gasteiger partial charge in [-0.2, -0.15) is 0 Å². The number of carbonyl (C=O) groups is 1. The van der Waals surface area contributed by atoms with E-state index in [4.69, 9.17) is 9.47 Å². The molecule has 0 aliphatic rings. The van der Waals surface area contributed by atoms with Gasteiger partial charge in [0.05, 0.1) is 12.8 Å². The van der Waals surface area contributed by atoms with Crippen molar-refractivity contribution >= 4 is 17.3 Å². The molecule has 1 aromatic heterocycles. The van der Waals surface area contributed by atoms with E-state index in [9.17, 15) is 4.79 Å². The third-order valence-corrected chi connectivity index (χ3v) is 4.98. The first kappa shape index (κ1) is 21.4. The molecule has 5 heteroatoms. The molecule has 0 fully saturated rings. The topological polar surface area (TPSA) is 51.7 Å². The summed E-state index contributed by atoms with van der Waals surface area (Å²) in [5, 5.41) is 0. The quantitative estimate of drug-likeness (QED) is 0.449. The van der Waals surface area contributed by atoms with Crippen LogP contribution < -0.4 is 9.64 Å². The smallest absolute Gasteiger partial charge is 0.341 e. The molecule has 0 unspecified atom stereocenters. The van der Waals surface area contributed by atoms with Crippen molar-refractivity contribution in [2.75, 3.05) is 18.6 Å². The highest BCUT2D eigenvalue weighted by atomic mass is 16.5. The van der Waals surface area contributed by atoms with Crippen LogP contribution in [0.25, 0.3) is 0 Å². The van der Waals surface area contributed by atoms with E-state index in [0.717, 1.165) is 28.3 Å². The van der Waals surface area contributed by atoms with Crippen LogP contribution in [0, 0.1) is 0 Å². The lowest BCUT2D eigenvalue weighted by molar-refractivity contribution is 0.0601. The molecule has 1 heterocycles. The van der Waals surface area contributed by atoms with E-state index < -0.39 is 5.97 Å². The van der Waals surface area contributed by atoms with Gasteiger partial charge in [0, 0.05) is 30.7 Å². The first-order valence-corrected chi connectivity index (χ1v) is 10.2. The average Bonchev–Trinajstić information content (AvgIpc) is 2.78. The highest BCUT2D eigenvalue weighted by Crippen LogP contribution is 2.35. The number of esters is 1. The molecule has 2 aromatic carbocycles. The van der Waals surface area contributed by atoms with E-state index in [1.807, 2.05) is 37.3 Å². The molecule has 0 saturated carbocycles. The Morgan fingerprint density at radius 2 is 1.87 bits per heavy atom. The summed E-state index contributed by atoms with van der Waals surface area (Å²) in [7, 11) is 1.38. The lowest BCUT2D eigenvalue weighted by atomic mass is 10.0. The van der Waals surface area contributed by atoms with Crippen LogP contribution in [-0.2, 0) is 11.3 Å². The lowest BCUT2D eigenvalue weighted by Gasteiger charge is -2.26. The van der Waals surface area contributed by atoms with Gasteiger partial charge in [-0.25, -0.2) is 4.79 Å². The van der Waals surface area contributed by atoms with Gasteiger partial charge in [0.2, 0.25) is 0 Å². The summed E-state index contributed by atoms with van der Waals surface area (Å²) in [6.45, 7) is 7.52. The summed E-state index contributed by atoms with van der Waals surface area (Å²) in [5.74, 6) is 0.765. The molecule has 0 aliphatic heterocycles. The number of methoxy groups -OCH3 is 1. The molecule has 0 bridgehead atoms. The predicted octanol–water partition coefficient (Wildman–Crippen LogP) is 5.73. The molecule has 156 valence electrons. The minimum absolute atomic E-state index is 0.325. The number of rotatable bonds is 8. The molecular weight excluding hydrogens is 376 g/mol. The Morgan fingerprint density at radius 1 is 1.10 bits per heavy atom. The Bertz CT molecular complexity index is 987. The predicted molar refractivity (Wildman–Crippen MR) is 120 cm³/mol. The third-order valence-electron chi connectivity index (χ3n) is 4.98. The van der Waals surface area contributed by atoms with E-state index in [2.05, 4.69) is 48.0 Å². The number of benzene rings is 2. The second-order valence-electron chi connectivity index (χ2n) is 7.28. The molecule has 3 rings (SSSR count). The van der Waals surface area contributed by atoms with Gasteiger partial charge < -0.3 is 14.4 Å². The normalized spacial score (nSPS) is 10.7. The zero-order valence-corrected chi connectivity index (χ0v) is 18.0. The highest BCUT2D eigenvalue weighted by molar-refractivity contribution is 5.96. The molecule has 3 aromatic rings. The fourth-order valence-electron chi connectivity index (χ4n) is 3.41. The highest BCUT2D eigenvalue weighted by Gasteiger charge is 2.19. The molecular formula is C25H28N2O3. The maximum atomic E-state index is 12.2. The second-order valence-corrected chi connectivity index (χ2v) is 7.28. The fraction of sp³-hybridized carbons (Fsp3) is 0.280. The van der Waals surface area contributed by atoms with E-state index >= 15 is 0 Å². The number of carbonyl (C=O) groups excluding carboxylic acids is 1. The van der Waals surface area contributed by atoms with E-state index in [-0.39, 0.29) is 0 Å². The van der Waals surface area contributed by atoms with Gasteiger partial charge in [0.25, 0.3) is 0 Å². The van der Waals surface area contributed by atoms with Crippen molar-refractivity contribution in [2.24, 2.45) is 0 Å². The molecule has 0 saturated heterocycles. The Labute approximate surface area is 178 Å². The molecule has 0 radical (unpaired) electrons. The largest absolute Gasteiger partial charge is 0.489 e. The summed E-state index contributed by atoms with van der Waals surface area (Å²) in [5.41, 5.74) is 4.40. The van der Waals surface area contributed by atoms with Crippen LogP contribution in [0.4, 0.5) is 11.4 Å². The molecule has 0 spiro atoms. The van der Waals surface area contributed by atoms with Gasteiger partial charge in [-0.05, 0) is 36.1 Å². The van der Waals surface area contributed by atoms with Gasteiger partial charge in [-0.1, -0.05) is 50.2 Å². The Kier molecular flexibility index (Phi) is 7.07. The first-order valence-electron chi connectivity index (χ1n) is 10.2. The summed E-state index contributed by atoms with van der Waals surface area (Å²) < 4.78 is 11.2. The van der Waals surface area contributed by atoms with E-state index in [1.54, 1.807) is 12.4 Å². The van der Waals surface area contributed by atoms with Crippen LogP contribution in [0.2, 0.25) is 0 Å². The molecule has 5 nitrogen and oxygen atoms in total. The van der Waals surface area contributed by atoms with Crippen molar-refractivity contribution in [3.63, 3.8) is 0 Å². The van der Waals surface area contributed by atoms with Crippen molar-refractivity contribution < 1.29 is 14.3 Å². The second kappa shape index (κ2) is 9.92. The van der Waals surface area contributed by atoms with Gasteiger partial charge in [0.1, 0.15) is 17.9 Å². The van der Waals surface area contributed by atoms with Crippen molar-refractivity contribution in [3.8, 4) is 5.75 Å². The summed E-state index contributed by atoms with van der Waals surface area (Å²) >= 11 is 0. The van der Waals surface area contributed by atoms with Crippen molar-refractivity contribution in [2.45, 2.75) is 33.3 Å². The number of ether oxygens (including phenoxy) is 2. The molecule has 0 amide bonds. The van der Waals surface area contributed by atoms with Crippen molar-refractivity contribution in [1.82, 2.24) is 4.98 Å². The minimum atomic E-state index is -0.407. The number of aromatic nitrogens is 1. The summed E-state index contributed by atoms with van der Waals surface area (Å²) in [6, 6.07) is 18.2. The van der Waals surface area contributed by atoms with Crippen LogP contribution in [-0.4, -0.2) is 24.6 Å². The number of nitrogens with zero attached hydrogens (tertiary/aromatic N) is 2. The molecule has 30 heavy (non-hydrogen) atoms. The summed E-state index contributed by atoms with van der Waals surface area (Å²) in [6.07, 6.45) is 3.22. The van der Waals surface area contributed by atoms with Crippen LogP contribution in [0.15, 0.2) is 67.0 Å². The minimum Gasteiger partial charge on any atom is -0.489 e. The van der Waals surface area contributed by atoms with Crippen molar-refractivity contribution in [3.05, 3.63) is 83.7 Å². The third kappa shape index (κ3) is 4.79. The number of hydrogen-bond acceptors (Lipinski definition) is 5. The maximum absolute atomic E-state index is 12.2. The number of pyridine rings is 1. The standard InChI is InChI=1S/C25H28N2O3/c1-5-27(23-13-14-26-16-22(23)25(28)29-4)20-11-12-21(18(2)3)24(15-20)30-17-19-9-7-6-8-10-19/h6-16,18H,5,17H2,1-4H3. The van der Waals surface area contributed by atoms with E-state index in [0.29, 0.717) is 24.6 Å². The van der Waals surface area contributed by atoms with Gasteiger partial charge >= 0.3 is 5.97 Å². The Hall–Kier alpha value is -3.34. The van der Waals surface area contributed by atoms with Crippen LogP contribution >= 0.6 is 0 Å². The fourth-order valence-corrected chi connectivity index (χ4v) is 3.41. The summed E-state index contributed by atoms with van der Waals surface area (Å²) in [4.78, 5) is 18.4. The monoisotopic (exact) mass is 404 g/mol. The van der Waals surface area contributed by atoms with E-state index in [1.165, 1.54) is 7.11 Å². The lowest BCUT2D eigenvalue weighted by Crippen LogP contribution is -2.20. The van der Waals surface area contributed by atoms with Crippen molar-refractivity contribution in [1.29, 1.82) is 0 Å². The SMILES string of the molecule is CCN(c1ccc(C(C)C)c(OCc2ccccc2)c1)c1ccncc1C(=O)OC. The zero-order chi connectivity index (χ0) is 21.5. The van der Waals surface area contributed by atoms with Gasteiger partial charge in [0.15, 0.2) is 0 Å². The Balaban J connectivity index is 1.98. The number of anilines is 2.